The summed E-state index contributed by atoms with van der Waals surface area (Å²) in [5.74, 6) is -0.0803. The van der Waals surface area contributed by atoms with Crippen molar-refractivity contribution < 1.29 is 42.2 Å². The molecule has 0 spiro atoms. The number of anilines is 4. The van der Waals surface area contributed by atoms with E-state index in [1.165, 1.54) is 11.1 Å². The first-order chi connectivity index (χ1) is 36.5. The highest BCUT2D eigenvalue weighted by Gasteiger charge is 2.44. The standard InChI is InChI=1S/C56H72ClN9O9S2/c1-33(2)75-46-28-41(35(5)26-44(46)62-55-59-30-42(57)52(64-55)61-43-12-10-11-13-47(43)77(72,73)34(3)4)38-18-22-65(23-19-38)49(69)21-25-74-24-20-48(68)63-51(56(7,8)9)54(71)66-31-40(67)27-45(66)53(70)58-29-37-14-16-39(17-15-37)50-36(6)60-32-76-50/h10-17,26,28,30,32-34,38,40,45,51,67H,18-25,27,29,31H2,1-9H3,(H,58,70)(H,63,68)(H2,59,61,62,64)/t40-,45+,51?/m1/s1. The SMILES string of the molecule is Cc1cc(Nc2ncc(Cl)c(Nc3ccccc3S(=O)(=O)C(C)C)n2)c(OC(C)C)cc1C1CCN(C(=O)CCOCCC(=O)NC(C(=O)N2C[C@H](O)C[C@H]2C(=O)NCc2ccc(-c3scnc3C)cc2)C(C)(C)C)CC1. The largest absolute Gasteiger partial charge is 0.489 e. The van der Waals surface area contributed by atoms with E-state index in [0.29, 0.717) is 30.2 Å². The van der Waals surface area contributed by atoms with Crippen molar-refractivity contribution in [2.75, 3.05) is 43.5 Å². The normalized spacial score (nSPS) is 16.6. The summed E-state index contributed by atoms with van der Waals surface area (Å²) in [5.41, 5.74) is 7.07. The first-order valence-corrected chi connectivity index (χ1v) is 28.9. The van der Waals surface area contributed by atoms with Crippen molar-refractivity contribution in [3.63, 3.8) is 0 Å². The molecule has 5 aromatic rings. The number of thiazole rings is 1. The van der Waals surface area contributed by atoms with Gasteiger partial charge in [-0.25, -0.2) is 18.4 Å². The first kappa shape index (κ1) is 58.5. The smallest absolute Gasteiger partial charge is 0.246 e. The summed E-state index contributed by atoms with van der Waals surface area (Å²) in [5, 5.41) is 22.4. The Morgan fingerprint density at radius 2 is 1.62 bits per heavy atom. The number of rotatable bonds is 21. The van der Waals surface area contributed by atoms with Crippen molar-refractivity contribution in [3.05, 3.63) is 99.8 Å². The van der Waals surface area contributed by atoms with Crippen molar-refractivity contribution in [1.82, 2.24) is 35.4 Å². The first-order valence-electron chi connectivity index (χ1n) is 26.1. The van der Waals surface area contributed by atoms with Crippen molar-refractivity contribution in [1.29, 1.82) is 0 Å². The second-order valence-electron chi connectivity index (χ2n) is 21.3. The molecular weight excluding hydrogens is 1040 g/mol. The predicted octanol–water partition coefficient (Wildman–Crippen LogP) is 8.64. The molecule has 18 nitrogen and oxygen atoms in total. The molecule has 2 aliphatic rings. The fourth-order valence-electron chi connectivity index (χ4n) is 9.47. The Labute approximate surface area is 461 Å². The molecule has 0 aliphatic carbocycles. The molecule has 0 radical (unpaired) electrons. The zero-order valence-corrected chi connectivity index (χ0v) is 47.7. The van der Waals surface area contributed by atoms with Gasteiger partial charge in [0.2, 0.25) is 29.6 Å². The summed E-state index contributed by atoms with van der Waals surface area (Å²) in [6.07, 6.45) is 2.05. The molecule has 2 aliphatic heterocycles. The summed E-state index contributed by atoms with van der Waals surface area (Å²) < 4.78 is 38.3. The third-order valence-corrected chi connectivity index (χ3v) is 17.2. The van der Waals surface area contributed by atoms with Crippen LogP contribution in [0.4, 0.5) is 23.1 Å². The number of aromatic nitrogens is 3. The van der Waals surface area contributed by atoms with Gasteiger partial charge in [0.15, 0.2) is 15.7 Å². The quantitative estimate of drug-likeness (QED) is 0.0433. The minimum atomic E-state index is -3.61. The maximum Gasteiger partial charge on any atom is 0.246 e. The van der Waals surface area contributed by atoms with Crippen LogP contribution in [0.1, 0.15) is 109 Å². The van der Waals surface area contributed by atoms with Crippen LogP contribution in [0.2, 0.25) is 5.02 Å². The lowest BCUT2D eigenvalue weighted by Crippen LogP contribution is -2.57. The molecule has 1 unspecified atom stereocenters. The molecular formula is C56H72ClN9O9S2. The molecule has 4 amide bonds. The predicted molar refractivity (Wildman–Crippen MR) is 300 cm³/mol. The second kappa shape index (κ2) is 25.5. The Bertz CT molecular complexity index is 3010. The Morgan fingerprint density at radius 1 is 0.922 bits per heavy atom. The van der Waals surface area contributed by atoms with Gasteiger partial charge in [-0.2, -0.15) is 4.98 Å². The summed E-state index contributed by atoms with van der Waals surface area (Å²) in [4.78, 5) is 72.0. The average Bonchev–Trinajstić information content (AvgIpc) is 4.01. The maximum absolute atomic E-state index is 14.1. The second-order valence-corrected chi connectivity index (χ2v) is 25.0. The lowest BCUT2D eigenvalue weighted by Gasteiger charge is -2.35. The van der Waals surface area contributed by atoms with Crippen LogP contribution >= 0.6 is 22.9 Å². The summed E-state index contributed by atoms with van der Waals surface area (Å²) >= 11 is 8.09. The number of hydrogen-bond donors (Lipinski definition) is 5. The van der Waals surface area contributed by atoms with Gasteiger partial charge in [-0.3, -0.25) is 19.2 Å². The van der Waals surface area contributed by atoms with E-state index in [4.69, 9.17) is 21.1 Å². The van der Waals surface area contributed by atoms with Gasteiger partial charge in [-0.1, -0.05) is 68.8 Å². The van der Waals surface area contributed by atoms with Crippen molar-refractivity contribution in [3.8, 4) is 16.2 Å². The van der Waals surface area contributed by atoms with E-state index in [0.717, 1.165) is 45.7 Å². The van der Waals surface area contributed by atoms with Crippen molar-refractivity contribution in [2.24, 2.45) is 5.41 Å². The van der Waals surface area contributed by atoms with Gasteiger partial charge in [-0.15, -0.1) is 11.3 Å². The average molecular weight is 1110 g/mol. The molecule has 2 fully saturated rings. The molecule has 2 saturated heterocycles. The molecule has 77 heavy (non-hydrogen) atoms. The number of piperidine rings is 1. The highest BCUT2D eigenvalue weighted by molar-refractivity contribution is 7.92. The summed E-state index contributed by atoms with van der Waals surface area (Å²) in [6.45, 7) is 18.1. The van der Waals surface area contributed by atoms with Crippen LogP contribution < -0.4 is 26.0 Å². The fourth-order valence-corrected chi connectivity index (χ4v) is 11.6. The Morgan fingerprint density at radius 3 is 2.29 bits per heavy atom. The van der Waals surface area contributed by atoms with Gasteiger partial charge in [0.1, 0.15) is 22.9 Å². The molecule has 2 aromatic heterocycles. The number of hydrogen-bond acceptors (Lipinski definition) is 15. The van der Waals surface area contributed by atoms with E-state index >= 15 is 0 Å². The van der Waals surface area contributed by atoms with Crippen molar-refractivity contribution in [2.45, 2.75) is 141 Å². The summed E-state index contributed by atoms with van der Waals surface area (Å²) in [6, 6.07) is 16.6. The topological polar surface area (TPSA) is 234 Å². The zero-order valence-electron chi connectivity index (χ0n) is 45.3. The number of nitrogens with zero attached hydrogens (tertiary/aromatic N) is 5. The number of halogens is 1. The Kier molecular flexibility index (Phi) is 19.4. The number of β-amino-alcohol motifs (C(OH)–C–C–N with tert-alkyl or cyclic N) is 1. The molecule has 21 heteroatoms. The van der Waals surface area contributed by atoms with Gasteiger partial charge < -0.3 is 45.6 Å². The number of aliphatic hydroxyl groups is 1. The van der Waals surface area contributed by atoms with Crippen molar-refractivity contribution >= 4 is 79.5 Å². The van der Waals surface area contributed by atoms with Gasteiger partial charge in [0, 0.05) is 39.0 Å². The van der Waals surface area contributed by atoms with E-state index in [1.807, 2.05) is 89.8 Å². The minimum absolute atomic E-state index is 0.0334. The zero-order chi connectivity index (χ0) is 55.8. The number of ether oxygens (including phenoxy) is 2. The molecule has 3 atom stereocenters. The lowest BCUT2D eigenvalue weighted by molar-refractivity contribution is -0.144. The highest BCUT2D eigenvalue weighted by atomic mass is 35.5. The number of benzene rings is 3. The summed E-state index contributed by atoms with van der Waals surface area (Å²) in [7, 11) is -3.61. The molecule has 7 rings (SSSR count). The Hall–Kier alpha value is -6.19. The van der Waals surface area contributed by atoms with Gasteiger partial charge in [-0.05, 0) is 112 Å². The van der Waals surface area contributed by atoms with E-state index < -0.39 is 50.5 Å². The minimum Gasteiger partial charge on any atom is -0.489 e. The van der Waals surface area contributed by atoms with E-state index in [-0.39, 0.29) is 91.1 Å². The lowest BCUT2D eigenvalue weighted by atomic mass is 9.85. The number of carbonyl (C=O) groups is 4. The number of carbonyl (C=O) groups excluding carboxylic acids is 4. The number of aryl methyl sites for hydroxylation is 2. The van der Waals surface area contributed by atoms with Crippen LogP contribution in [0.5, 0.6) is 5.75 Å². The monoisotopic (exact) mass is 1110 g/mol. The molecule has 4 heterocycles. The van der Waals surface area contributed by atoms with Crippen LogP contribution in [-0.4, -0.2) is 124 Å². The van der Waals surface area contributed by atoms with Gasteiger partial charge >= 0.3 is 0 Å². The number of aliphatic hydroxyl groups excluding tert-OH is 1. The molecule has 3 aromatic carbocycles. The number of amides is 4. The number of sulfone groups is 1. The van der Waals surface area contributed by atoms with Crippen LogP contribution in [0, 0.1) is 19.3 Å². The van der Waals surface area contributed by atoms with Crippen LogP contribution in [0.3, 0.4) is 0 Å². The van der Waals surface area contributed by atoms with Crippen LogP contribution in [-0.2, 0) is 40.3 Å². The van der Waals surface area contributed by atoms with Crippen LogP contribution in [0.15, 0.2) is 77.3 Å². The van der Waals surface area contributed by atoms with Crippen LogP contribution in [0.25, 0.3) is 10.4 Å². The molecule has 0 bridgehead atoms. The fraction of sp³-hybridized carbons (Fsp3) is 0.482. The highest BCUT2D eigenvalue weighted by Crippen LogP contribution is 2.39. The molecule has 0 saturated carbocycles. The van der Waals surface area contributed by atoms with E-state index in [1.54, 1.807) is 55.0 Å². The number of likely N-dealkylation sites (tertiary alicyclic amines) is 2. The number of nitrogens with one attached hydrogen (secondary N) is 4. The third kappa shape index (κ3) is 14.9. The van der Waals surface area contributed by atoms with E-state index in [9.17, 15) is 32.7 Å². The van der Waals surface area contributed by atoms with Gasteiger partial charge in [0.05, 0.1) is 75.6 Å². The maximum atomic E-state index is 14.1. The van der Waals surface area contributed by atoms with Gasteiger partial charge in [0.25, 0.3) is 0 Å². The Balaban J connectivity index is 0.871. The number of para-hydroxylation sites is 1. The third-order valence-electron chi connectivity index (χ3n) is 13.7. The molecule has 414 valence electrons. The molecule has 5 N–H and O–H groups in total. The van der Waals surface area contributed by atoms with E-state index in [2.05, 4.69) is 36.2 Å².